The van der Waals surface area contributed by atoms with Crippen LogP contribution in [0.3, 0.4) is 0 Å². The van der Waals surface area contributed by atoms with Gasteiger partial charge in [0, 0.05) is 12.3 Å². The summed E-state index contributed by atoms with van der Waals surface area (Å²) in [7, 11) is 0. The molecule has 1 fully saturated rings. The van der Waals surface area contributed by atoms with Gasteiger partial charge in [0.15, 0.2) is 0 Å². The molecule has 2 amide bonds. The molecule has 0 saturated carbocycles. The number of carbonyl (C=O) groups is 3. The largest absolute Gasteiger partial charge is 0.480 e. The topological polar surface area (TPSA) is 95.9 Å². The fourth-order valence-corrected chi connectivity index (χ4v) is 4.48. The van der Waals surface area contributed by atoms with E-state index in [-0.39, 0.29) is 11.5 Å². The van der Waals surface area contributed by atoms with Gasteiger partial charge in [0.1, 0.15) is 12.6 Å². The average molecular weight is 498 g/mol. The number of alkyl halides is 5. The van der Waals surface area contributed by atoms with Crippen LogP contribution in [0.15, 0.2) is 48.5 Å². The predicted molar refractivity (Wildman–Crippen MR) is 111 cm³/mol. The molecule has 1 aliphatic carbocycles. The van der Waals surface area contributed by atoms with Gasteiger partial charge in [-0.2, -0.15) is 13.2 Å². The summed E-state index contributed by atoms with van der Waals surface area (Å²) in [5, 5.41) is 10.5. The highest BCUT2D eigenvalue weighted by Gasteiger charge is 2.56. The minimum Gasteiger partial charge on any atom is -0.480 e. The Bertz CT molecular complexity index is 1120. The third-order valence-electron chi connectivity index (χ3n) is 6.02. The number of nitrogens with zero attached hydrogens (tertiary/aromatic N) is 1. The molecule has 1 heterocycles. The average Bonchev–Trinajstić information content (AvgIpc) is 3.29. The van der Waals surface area contributed by atoms with Crippen LogP contribution in [0.1, 0.15) is 23.5 Å². The van der Waals surface area contributed by atoms with Crippen LogP contribution in [0.2, 0.25) is 0 Å². The maximum Gasteiger partial charge on any atom is 0.417 e. The van der Waals surface area contributed by atoms with E-state index in [1.54, 1.807) is 24.3 Å². The van der Waals surface area contributed by atoms with Gasteiger partial charge in [-0.1, -0.05) is 48.5 Å². The van der Waals surface area contributed by atoms with Gasteiger partial charge in [-0.15, -0.1) is 0 Å². The smallest absolute Gasteiger partial charge is 0.417 e. The van der Waals surface area contributed by atoms with Crippen molar-refractivity contribution < 1.29 is 46.2 Å². The molecule has 0 radical (unpaired) electrons. The van der Waals surface area contributed by atoms with Gasteiger partial charge in [-0.05, 0) is 22.3 Å². The van der Waals surface area contributed by atoms with Crippen LogP contribution in [-0.2, 0) is 14.3 Å². The van der Waals surface area contributed by atoms with Crippen LogP contribution < -0.4 is 5.32 Å². The molecule has 0 bridgehead atoms. The van der Waals surface area contributed by atoms with Gasteiger partial charge < -0.3 is 20.1 Å². The van der Waals surface area contributed by atoms with E-state index in [9.17, 15) is 36.3 Å². The standard InChI is InChI=1S/C23H19F5N2O5/c24-22(25)9-17(20(32)33)30(11-22)19(31)18(23(26,27)28)29-21(34)35-10-16-14-7-3-1-5-12(14)13-6-2-4-8-15(13)16/h1-8,16-18H,9-11H2,(H,29,34)(H,32,33)/t17-,18?/m1/s1. The number of nitrogens with one attached hydrogen (secondary N) is 1. The molecule has 12 heteroatoms. The van der Waals surface area contributed by atoms with E-state index in [0.29, 0.717) is 0 Å². The second kappa shape index (κ2) is 8.82. The van der Waals surface area contributed by atoms with Crippen molar-refractivity contribution in [3.8, 4) is 11.1 Å². The first kappa shape index (κ1) is 24.4. The number of hydrogen-bond acceptors (Lipinski definition) is 4. The predicted octanol–water partition coefficient (Wildman–Crippen LogP) is 3.78. The van der Waals surface area contributed by atoms with Crippen molar-refractivity contribution in [2.75, 3.05) is 13.2 Å². The van der Waals surface area contributed by atoms with Crippen LogP contribution in [0.4, 0.5) is 26.7 Å². The number of hydrogen-bond donors (Lipinski definition) is 2. The number of ether oxygens (including phenoxy) is 1. The van der Waals surface area contributed by atoms with Crippen molar-refractivity contribution in [2.45, 2.75) is 36.5 Å². The number of fused-ring (bicyclic) bond motifs is 3. The second-order valence-corrected chi connectivity index (χ2v) is 8.32. The zero-order valence-corrected chi connectivity index (χ0v) is 17.9. The van der Waals surface area contributed by atoms with Gasteiger partial charge in [-0.3, -0.25) is 4.79 Å². The Hall–Kier alpha value is -3.70. The number of carboxylic acids is 1. The number of halogens is 5. The van der Waals surface area contributed by atoms with Crippen molar-refractivity contribution >= 4 is 18.0 Å². The van der Waals surface area contributed by atoms with Gasteiger partial charge in [-0.25, -0.2) is 18.4 Å². The summed E-state index contributed by atoms with van der Waals surface area (Å²) in [5.74, 6) is -8.03. The van der Waals surface area contributed by atoms with Gasteiger partial charge in [0.25, 0.3) is 11.8 Å². The Morgan fingerprint density at radius 3 is 2.11 bits per heavy atom. The van der Waals surface area contributed by atoms with Crippen LogP contribution in [-0.4, -0.2) is 65.3 Å². The number of carboxylic acid groups (broad SMARTS) is 1. The highest BCUT2D eigenvalue weighted by atomic mass is 19.4. The number of alkyl carbamates (subject to hydrolysis) is 1. The third-order valence-corrected chi connectivity index (χ3v) is 6.02. The third kappa shape index (κ3) is 4.77. The summed E-state index contributed by atoms with van der Waals surface area (Å²) in [6.07, 6.45) is -8.31. The van der Waals surface area contributed by atoms with E-state index in [1.165, 1.54) is 5.32 Å². The van der Waals surface area contributed by atoms with Gasteiger partial charge >= 0.3 is 18.2 Å². The Morgan fingerprint density at radius 1 is 1.06 bits per heavy atom. The number of benzene rings is 2. The SMILES string of the molecule is O=C(NC(C(=O)N1CC(F)(F)C[C@@H]1C(=O)O)C(F)(F)F)OCC1c2ccccc2-c2ccccc21. The highest BCUT2D eigenvalue weighted by molar-refractivity contribution is 5.90. The van der Waals surface area contributed by atoms with E-state index in [0.717, 1.165) is 22.3 Å². The summed E-state index contributed by atoms with van der Waals surface area (Å²) in [6.45, 7) is -1.86. The van der Waals surface area contributed by atoms with Crippen LogP contribution in [0.25, 0.3) is 11.1 Å². The van der Waals surface area contributed by atoms with Crippen molar-refractivity contribution in [1.29, 1.82) is 0 Å². The van der Waals surface area contributed by atoms with Crippen molar-refractivity contribution in [3.63, 3.8) is 0 Å². The summed E-state index contributed by atoms with van der Waals surface area (Å²) in [4.78, 5) is 35.9. The minimum atomic E-state index is -5.39. The second-order valence-electron chi connectivity index (χ2n) is 8.32. The monoisotopic (exact) mass is 498 g/mol. The Labute approximate surface area is 195 Å². The first-order valence-corrected chi connectivity index (χ1v) is 10.5. The molecule has 186 valence electrons. The van der Waals surface area contributed by atoms with Crippen molar-refractivity contribution in [2.24, 2.45) is 0 Å². The molecule has 0 spiro atoms. The molecule has 2 atom stereocenters. The van der Waals surface area contributed by atoms with Crippen molar-refractivity contribution in [1.82, 2.24) is 10.2 Å². The summed E-state index contributed by atoms with van der Waals surface area (Å²) < 4.78 is 73.1. The summed E-state index contributed by atoms with van der Waals surface area (Å²) in [6, 6.07) is 9.05. The normalized spacial score (nSPS) is 19.6. The van der Waals surface area contributed by atoms with E-state index in [1.807, 2.05) is 24.3 Å². The number of carbonyl (C=O) groups excluding carboxylic acids is 2. The Morgan fingerprint density at radius 2 is 1.60 bits per heavy atom. The first-order chi connectivity index (χ1) is 16.4. The molecule has 35 heavy (non-hydrogen) atoms. The molecule has 1 aliphatic heterocycles. The lowest BCUT2D eigenvalue weighted by molar-refractivity contribution is -0.177. The van der Waals surface area contributed by atoms with E-state index < -0.39 is 61.0 Å². The first-order valence-electron chi connectivity index (χ1n) is 10.5. The highest BCUT2D eigenvalue weighted by Crippen LogP contribution is 2.44. The summed E-state index contributed by atoms with van der Waals surface area (Å²) in [5.41, 5.74) is 3.37. The molecule has 0 aromatic heterocycles. The lowest BCUT2D eigenvalue weighted by atomic mass is 9.98. The lowest BCUT2D eigenvalue weighted by Crippen LogP contribution is -2.58. The van der Waals surface area contributed by atoms with Gasteiger partial charge in [0.05, 0.1) is 6.54 Å². The van der Waals surface area contributed by atoms with E-state index in [2.05, 4.69) is 0 Å². The maximum absolute atomic E-state index is 13.7. The molecular formula is C23H19F5N2O5. The fourth-order valence-electron chi connectivity index (χ4n) is 4.48. The quantitative estimate of drug-likeness (QED) is 0.612. The van der Waals surface area contributed by atoms with Crippen LogP contribution in [0, 0.1) is 0 Å². The lowest BCUT2D eigenvalue weighted by Gasteiger charge is -2.28. The van der Waals surface area contributed by atoms with Crippen LogP contribution in [0.5, 0.6) is 0 Å². The number of likely N-dealkylation sites (tertiary alicyclic amines) is 1. The zero-order valence-electron chi connectivity index (χ0n) is 17.9. The minimum absolute atomic E-state index is 0.0791. The van der Waals surface area contributed by atoms with Crippen LogP contribution >= 0.6 is 0 Å². The molecular weight excluding hydrogens is 479 g/mol. The molecule has 2 aliphatic rings. The van der Waals surface area contributed by atoms with Gasteiger partial charge in [0.2, 0.25) is 6.04 Å². The Kier molecular flexibility index (Phi) is 6.16. The van der Waals surface area contributed by atoms with Crippen molar-refractivity contribution in [3.05, 3.63) is 59.7 Å². The fraction of sp³-hybridized carbons (Fsp3) is 0.348. The number of amides is 2. The summed E-state index contributed by atoms with van der Waals surface area (Å²) >= 11 is 0. The molecule has 2 aromatic rings. The number of rotatable bonds is 5. The maximum atomic E-state index is 13.7. The zero-order chi connectivity index (χ0) is 25.5. The molecule has 7 nitrogen and oxygen atoms in total. The van der Waals surface area contributed by atoms with E-state index in [4.69, 9.17) is 9.84 Å². The molecule has 4 rings (SSSR count). The van der Waals surface area contributed by atoms with E-state index >= 15 is 0 Å². The molecule has 1 saturated heterocycles. The Balaban J connectivity index is 1.49. The molecule has 1 unspecified atom stereocenters. The molecule has 2 aromatic carbocycles. The molecule has 2 N–H and O–H groups in total. The number of aliphatic carboxylic acids is 1.